The number of benzene rings is 3. The number of ether oxygens (including phenoxy) is 1. The number of nitrogens with zero attached hydrogens (tertiary/aromatic N) is 1. The van der Waals surface area contributed by atoms with Crippen LogP contribution in [0.5, 0.6) is 0 Å². The van der Waals surface area contributed by atoms with E-state index in [0.29, 0.717) is 19.4 Å². The summed E-state index contributed by atoms with van der Waals surface area (Å²) in [4.78, 5) is 27.1. The zero-order valence-electron chi connectivity index (χ0n) is 17.5. The van der Waals surface area contributed by atoms with Crippen LogP contribution in [-0.2, 0) is 9.53 Å². The number of carbonyl (C=O) groups excluding carboxylic acids is 2. The lowest BCUT2D eigenvalue weighted by Crippen LogP contribution is -2.43. The zero-order valence-corrected chi connectivity index (χ0v) is 17.5. The quantitative estimate of drug-likeness (QED) is 0.621. The van der Waals surface area contributed by atoms with Gasteiger partial charge in [0, 0.05) is 12.5 Å². The summed E-state index contributed by atoms with van der Waals surface area (Å²) in [5.74, 6) is -0.952. The molecule has 0 radical (unpaired) electrons. The number of amides is 2. The van der Waals surface area contributed by atoms with Crippen molar-refractivity contribution in [3.8, 4) is 11.1 Å². The first-order valence-electron chi connectivity index (χ1n) is 10.8. The van der Waals surface area contributed by atoms with E-state index in [4.69, 9.17) is 4.74 Å². The van der Waals surface area contributed by atoms with Gasteiger partial charge in [-0.15, -0.1) is 0 Å². The van der Waals surface area contributed by atoms with Crippen LogP contribution in [0.1, 0.15) is 29.9 Å². The number of rotatable bonds is 4. The molecule has 1 aliphatic heterocycles. The Morgan fingerprint density at radius 1 is 0.938 bits per heavy atom. The molecule has 2 amide bonds. The van der Waals surface area contributed by atoms with Crippen LogP contribution >= 0.6 is 0 Å². The summed E-state index contributed by atoms with van der Waals surface area (Å²) >= 11 is 0. The standard InChI is InChI=1S/C26H23FN2O3/c27-22-12-5-6-13-23(22)28-25(30)24-14-7-15-29(24)26(31)32-16-21-19-10-3-1-8-17(19)18-9-2-4-11-20(18)21/h1-6,8-13,21,24H,7,14-16H2,(H,28,30)/t24-/m0/s1. The van der Waals surface area contributed by atoms with E-state index in [9.17, 15) is 14.0 Å². The van der Waals surface area contributed by atoms with Crippen LogP contribution in [0, 0.1) is 5.82 Å². The molecule has 6 heteroatoms. The van der Waals surface area contributed by atoms with Gasteiger partial charge >= 0.3 is 6.09 Å². The monoisotopic (exact) mass is 430 g/mol. The molecule has 2 aliphatic rings. The summed E-state index contributed by atoms with van der Waals surface area (Å²) < 4.78 is 19.6. The molecular weight excluding hydrogens is 407 g/mol. The first-order valence-corrected chi connectivity index (χ1v) is 10.8. The highest BCUT2D eigenvalue weighted by atomic mass is 19.1. The van der Waals surface area contributed by atoms with Gasteiger partial charge in [0.2, 0.25) is 5.91 Å². The Morgan fingerprint density at radius 3 is 2.25 bits per heavy atom. The number of likely N-dealkylation sites (tertiary alicyclic amines) is 1. The van der Waals surface area contributed by atoms with Crippen LogP contribution < -0.4 is 5.32 Å². The zero-order chi connectivity index (χ0) is 22.1. The predicted octanol–water partition coefficient (Wildman–Crippen LogP) is 5.18. The Labute approximate surface area is 185 Å². The third-order valence-electron chi connectivity index (χ3n) is 6.26. The van der Waals surface area contributed by atoms with Gasteiger partial charge in [-0.1, -0.05) is 60.7 Å². The van der Waals surface area contributed by atoms with Crippen LogP contribution in [0.2, 0.25) is 0 Å². The molecule has 32 heavy (non-hydrogen) atoms. The van der Waals surface area contributed by atoms with Gasteiger partial charge in [-0.25, -0.2) is 9.18 Å². The second kappa shape index (κ2) is 8.46. The lowest BCUT2D eigenvalue weighted by atomic mass is 9.98. The van der Waals surface area contributed by atoms with E-state index < -0.39 is 23.9 Å². The summed E-state index contributed by atoms with van der Waals surface area (Å²) in [5.41, 5.74) is 4.70. The van der Waals surface area contributed by atoms with Crippen LogP contribution in [0.15, 0.2) is 72.8 Å². The van der Waals surface area contributed by atoms with E-state index in [-0.39, 0.29) is 18.2 Å². The van der Waals surface area contributed by atoms with E-state index in [1.165, 1.54) is 17.0 Å². The lowest BCUT2D eigenvalue weighted by Gasteiger charge is -2.24. The van der Waals surface area contributed by atoms with E-state index in [2.05, 4.69) is 29.6 Å². The Hall–Kier alpha value is -3.67. The van der Waals surface area contributed by atoms with Crippen LogP contribution in [0.25, 0.3) is 11.1 Å². The second-order valence-corrected chi connectivity index (χ2v) is 8.12. The smallest absolute Gasteiger partial charge is 0.410 e. The Kier molecular flexibility index (Phi) is 5.35. The summed E-state index contributed by atoms with van der Waals surface area (Å²) in [6, 6.07) is 21.6. The number of anilines is 1. The lowest BCUT2D eigenvalue weighted by molar-refractivity contribution is -0.120. The van der Waals surface area contributed by atoms with Crippen molar-refractivity contribution in [3.05, 3.63) is 89.7 Å². The molecular formula is C26H23FN2O3. The molecule has 3 aromatic carbocycles. The highest BCUT2D eigenvalue weighted by Crippen LogP contribution is 2.44. The molecule has 5 nitrogen and oxygen atoms in total. The van der Waals surface area contributed by atoms with Crippen molar-refractivity contribution >= 4 is 17.7 Å². The highest BCUT2D eigenvalue weighted by Gasteiger charge is 2.36. The average molecular weight is 430 g/mol. The summed E-state index contributed by atoms with van der Waals surface area (Å²) in [7, 11) is 0. The third-order valence-corrected chi connectivity index (χ3v) is 6.26. The SMILES string of the molecule is O=C(Nc1ccccc1F)[C@@H]1CCCN1C(=O)OCC1c2ccccc2-c2ccccc21. The van der Waals surface area contributed by atoms with Gasteiger partial charge in [0.25, 0.3) is 0 Å². The van der Waals surface area contributed by atoms with Crippen molar-refractivity contribution in [1.82, 2.24) is 4.90 Å². The molecule has 162 valence electrons. The van der Waals surface area contributed by atoms with Gasteiger partial charge in [0.1, 0.15) is 18.5 Å². The van der Waals surface area contributed by atoms with Gasteiger partial charge in [-0.05, 0) is 47.2 Å². The molecule has 0 spiro atoms. The van der Waals surface area contributed by atoms with Gasteiger partial charge in [-0.3, -0.25) is 9.69 Å². The molecule has 5 rings (SSSR count). The first-order chi connectivity index (χ1) is 15.6. The fourth-order valence-electron chi connectivity index (χ4n) is 4.71. The second-order valence-electron chi connectivity index (χ2n) is 8.12. The number of nitrogens with one attached hydrogen (secondary N) is 1. The minimum atomic E-state index is -0.676. The molecule has 1 atom stereocenters. The molecule has 1 saturated heterocycles. The molecule has 0 bridgehead atoms. The molecule has 0 unspecified atom stereocenters. The van der Waals surface area contributed by atoms with E-state index in [0.717, 1.165) is 22.3 Å². The summed E-state index contributed by atoms with van der Waals surface area (Å²) in [6.07, 6.45) is 0.697. The van der Waals surface area contributed by atoms with Crippen LogP contribution in [0.3, 0.4) is 0 Å². The van der Waals surface area contributed by atoms with Crippen molar-refractivity contribution in [2.75, 3.05) is 18.5 Å². The number of carbonyl (C=O) groups is 2. The number of para-hydroxylation sites is 1. The predicted molar refractivity (Wildman–Crippen MR) is 120 cm³/mol. The maximum absolute atomic E-state index is 13.9. The van der Waals surface area contributed by atoms with Gasteiger partial charge < -0.3 is 10.1 Å². The fourth-order valence-corrected chi connectivity index (χ4v) is 4.71. The van der Waals surface area contributed by atoms with Gasteiger partial charge in [0.05, 0.1) is 5.69 Å². The van der Waals surface area contributed by atoms with Crippen LogP contribution in [0.4, 0.5) is 14.9 Å². The van der Waals surface area contributed by atoms with Crippen molar-refractivity contribution < 1.29 is 18.7 Å². The minimum absolute atomic E-state index is 0.0420. The van der Waals surface area contributed by atoms with Crippen molar-refractivity contribution in [2.24, 2.45) is 0 Å². The number of hydrogen-bond acceptors (Lipinski definition) is 3. The Balaban J connectivity index is 1.28. The molecule has 1 heterocycles. The topological polar surface area (TPSA) is 58.6 Å². The molecule has 3 aromatic rings. The largest absolute Gasteiger partial charge is 0.448 e. The highest BCUT2D eigenvalue weighted by molar-refractivity contribution is 5.97. The van der Waals surface area contributed by atoms with Crippen molar-refractivity contribution in [1.29, 1.82) is 0 Å². The first kappa shape index (κ1) is 20.2. The van der Waals surface area contributed by atoms with Gasteiger partial charge in [0.15, 0.2) is 0 Å². The summed E-state index contributed by atoms with van der Waals surface area (Å²) in [6.45, 7) is 0.636. The minimum Gasteiger partial charge on any atom is -0.448 e. The molecule has 1 N–H and O–H groups in total. The Bertz CT molecular complexity index is 1130. The van der Waals surface area contributed by atoms with Gasteiger partial charge in [-0.2, -0.15) is 0 Å². The maximum Gasteiger partial charge on any atom is 0.410 e. The van der Waals surface area contributed by atoms with Crippen molar-refractivity contribution in [3.63, 3.8) is 0 Å². The maximum atomic E-state index is 13.9. The summed E-state index contributed by atoms with van der Waals surface area (Å²) in [5, 5.41) is 2.60. The Morgan fingerprint density at radius 2 is 1.56 bits per heavy atom. The number of fused-ring (bicyclic) bond motifs is 3. The van der Waals surface area contributed by atoms with Crippen molar-refractivity contribution in [2.45, 2.75) is 24.8 Å². The molecule has 1 fully saturated rings. The van der Waals surface area contributed by atoms with E-state index >= 15 is 0 Å². The average Bonchev–Trinajstić information content (AvgIpc) is 3.43. The fraction of sp³-hybridized carbons (Fsp3) is 0.231. The van der Waals surface area contributed by atoms with E-state index in [1.54, 1.807) is 12.1 Å². The molecule has 0 saturated carbocycles. The molecule has 0 aromatic heterocycles. The molecule has 1 aliphatic carbocycles. The normalized spacial score (nSPS) is 17.0. The van der Waals surface area contributed by atoms with Crippen LogP contribution in [-0.4, -0.2) is 36.1 Å². The third kappa shape index (κ3) is 3.62. The number of halogens is 1. The van der Waals surface area contributed by atoms with E-state index in [1.807, 2.05) is 24.3 Å². The number of hydrogen-bond donors (Lipinski definition) is 1.